The molecule has 8 heteroatoms. The van der Waals surface area contributed by atoms with Crippen LogP contribution in [0.3, 0.4) is 0 Å². The van der Waals surface area contributed by atoms with Gasteiger partial charge in [0.25, 0.3) is 0 Å². The van der Waals surface area contributed by atoms with Crippen LogP contribution in [0.15, 0.2) is 76.8 Å². The summed E-state index contributed by atoms with van der Waals surface area (Å²) in [5.41, 5.74) is 3.10. The molecule has 4 rings (SSSR count). The summed E-state index contributed by atoms with van der Waals surface area (Å²) in [5.74, 6) is -3.65. The number of hydrogen-bond donors (Lipinski definition) is 2. The molecule has 2 N–H and O–H groups in total. The van der Waals surface area contributed by atoms with Gasteiger partial charge in [0.05, 0.1) is 0 Å². The zero-order valence-electron chi connectivity index (χ0n) is 20.4. The van der Waals surface area contributed by atoms with Crippen molar-refractivity contribution < 1.29 is 24.6 Å². The van der Waals surface area contributed by atoms with E-state index in [1.807, 2.05) is 0 Å². The average Bonchev–Trinajstić information content (AvgIpc) is 2.91. The molecule has 190 valence electrons. The number of benzene rings is 3. The normalized spacial score (nSPS) is 14.1. The number of carboxylic acid groups (broad SMARTS) is 2. The smallest absolute Gasteiger partial charge is 0.414 e. The van der Waals surface area contributed by atoms with E-state index in [1.54, 1.807) is 11.8 Å². The van der Waals surface area contributed by atoms with Gasteiger partial charge < -0.3 is 20.0 Å². The molecular weight excluding hydrogens is 476 g/mol. The minimum atomic E-state index is -1.82. The van der Waals surface area contributed by atoms with Crippen LogP contribution >= 0.6 is 11.8 Å². The second-order valence-electron chi connectivity index (χ2n) is 8.39. The molecule has 0 bridgehead atoms. The third-order valence-corrected chi connectivity index (χ3v) is 6.65. The number of oxime groups is 1. The SMILES string of the molecule is CSc1ccc(/C(=N\OCCCN2CCCCC2)c2cccc3ccccc23)cc1.O=C(O)C(=O)O. The Morgan fingerprint density at radius 1 is 0.917 bits per heavy atom. The van der Waals surface area contributed by atoms with E-state index in [4.69, 9.17) is 24.6 Å². The monoisotopic (exact) mass is 508 g/mol. The predicted molar refractivity (Wildman–Crippen MR) is 144 cm³/mol. The number of rotatable bonds is 8. The van der Waals surface area contributed by atoms with Crippen LogP contribution in [0.2, 0.25) is 0 Å². The maximum absolute atomic E-state index is 9.10. The summed E-state index contributed by atoms with van der Waals surface area (Å²) < 4.78 is 0. The number of fused-ring (bicyclic) bond motifs is 1. The van der Waals surface area contributed by atoms with Gasteiger partial charge in [-0.25, -0.2) is 9.59 Å². The second kappa shape index (κ2) is 14.3. The molecular formula is C28H32N2O5S. The van der Waals surface area contributed by atoms with E-state index in [-0.39, 0.29) is 0 Å². The fourth-order valence-corrected chi connectivity index (χ4v) is 4.49. The van der Waals surface area contributed by atoms with Gasteiger partial charge in [0.15, 0.2) is 0 Å². The van der Waals surface area contributed by atoms with Crippen LogP contribution in [0.4, 0.5) is 0 Å². The van der Waals surface area contributed by atoms with Crippen LogP contribution in [0.25, 0.3) is 10.8 Å². The number of hydrogen-bond acceptors (Lipinski definition) is 6. The zero-order valence-corrected chi connectivity index (χ0v) is 21.2. The largest absolute Gasteiger partial charge is 0.473 e. The lowest BCUT2D eigenvalue weighted by Crippen LogP contribution is -2.31. The van der Waals surface area contributed by atoms with Crippen molar-refractivity contribution in [2.24, 2.45) is 5.16 Å². The van der Waals surface area contributed by atoms with Crippen molar-refractivity contribution in [3.63, 3.8) is 0 Å². The van der Waals surface area contributed by atoms with Crippen LogP contribution in [0.5, 0.6) is 0 Å². The number of aliphatic carboxylic acids is 2. The van der Waals surface area contributed by atoms with Gasteiger partial charge in [-0.1, -0.05) is 66.2 Å². The molecule has 1 aliphatic rings. The van der Waals surface area contributed by atoms with Gasteiger partial charge in [0.1, 0.15) is 12.3 Å². The van der Waals surface area contributed by atoms with Crippen molar-refractivity contribution in [1.29, 1.82) is 0 Å². The molecule has 3 aromatic carbocycles. The fraction of sp³-hybridized carbons (Fsp3) is 0.321. The Labute approximate surface area is 215 Å². The Balaban J connectivity index is 0.000000538. The average molecular weight is 509 g/mol. The van der Waals surface area contributed by atoms with Crippen LogP contribution in [-0.4, -0.2) is 65.3 Å². The van der Waals surface area contributed by atoms with E-state index in [1.165, 1.54) is 48.0 Å². The number of carbonyl (C=O) groups is 2. The van der Waals surface area contributed by atoms with Gasteiger partial charge in [-0.05, 0) is 61.5 Å². The van der Waals surface area contributed by atoms with E-state index in [2.05, 4.69) is 83.0 Å². The standard InChI is InChI=1S/C26H30N2OS.C2H2O4/c1-30-23-15-13-22(14-16-23)26(25-12-7-10-21-9-3-4-11-24(21)25)27-29-20-8-19-28-17-5-2-6-18-28;3-1(4)2(5)6/h3-4,7,9-16H,2,5-6,8,17-20H2,1H3;(H,3,4)(H,5,6)/b27-26+;. The first-order valence-electron chi connectivity index (χ1n) is 12.0. The molecule has 7 nitrogen and oxygen atoms in total. The summed E-state index contributed by atoms with van der Waals surface area (Å²) in [6.07, 6.45) is 7.14. The third-order valence-electron chi connectivity index (χ3n) is 5.91. The molecule has 0 radical (unpaired) electrons. The van der Waals surface area contributed by atoms with E-state index >= 15 is 0 Å². The molecule has 0 aliphatic carbocycles. The Morgan fingerprint density at radius 2 is 1.58 bits per heavy atom. The Hall–Kier alpha value is -3.36. The van der Waals surface area contributed by atoms with Gasteiger partial charge in [0.2, 0.25) is 0 Å². The van der Waals surface area contributed by atoms with Gasteiger partial charge in [-0.3, -0.25) is 0 Å². The minimum absolute atomic E-state index is 0.646. The van der Waals surface area contributed by atoms with Crippen LogP contribution in [0, 0.1) is 0 Å². The highest BCUT2D eigenvalue weighted by Gasteiger charge is 2.13. The highest BCUT2D eigenvalue weighted by atomic mass is 32.2. The first-order chi connectivity index (χ1) is 17.5. The van der Waals surface area contributed by atoms with Crippen molar-refractivity contribution in [2.45, 2.75) is 30.6 Å². The molecule has 0 amide bonds. The number of nitrogens with zero attached hydrogens (tertiary/aromatic N) is 2. The van der Waals surface area contributed by atoms with Crippen LogP contribution in [-0.2, 0) is 14.4 Å². The number of piperidine rings is 1. The van der Waals surface area contributed by atoms with E-state index in [9.17, 15) is 0 Å². The van der Waals surface area contributed by atoms with Crippen molar-refractivity contribution >= 4 is 40.2 Å². The molecule has 1 heterocycles. The molecule has 3 aromatic rings. The molecule has 0 atom stereocenters. The lowest BCUT2D eigenvalue weighted by molar-refractivity contribution is -0.159. The number of likely N-dealkylation sites (tertiary alicyclic amines) is 1. The van der Waals surface area contributed by atoms with Gasteiger partial charge in [-0.2, -0.15) is 0 Å². The van der Waals surface area contributed by atoms with Gasteiger partial charge in [-0.15, -0.1) is 11.8 Å². The highest BCUT2D eigenvalue weighted by molar-refractivity contribution is 7.98. The molecule has 0 saturated carbocycles. The van der Waals surface area contributed by atoms with Crippen LogP contribution < -0.4 is 0 Å². The molecule has 36 heavy (non-hydrogen) atoms. The quantitative estimate of drug-likeness (QED) is 0.139. The van der Waals surface area contributed by atoms with E-state index in [0.717, 1.165) is 29.8 Å². The molecule has 1 saturated heterocycles. The summed E-state index contributed by atoms with van der Waals surface area (Å²) in [6, 6.07) is 23.4. The maximum Gasteiger partial charge on any atom is 0.414 e. The van der Waals surface area contributed by atoms with Crippen molar-refractivity contribution in [1.82, 2.24) is 4.90 Å². The lowest BCUT2D eigenvalue weighted by atomic mass is 9.97. The van der Waals surface area contributed by atoms with E-state index in [0.29, 0.717) is 6.61 Å². The molecule has 0 spiro atoms. The lowest BCUT2D eigenvalue weighted by Gasteiger charge is -2.25. The highest BCUT2D eigenvalue weighted by Crippen LogP contribution is 2.24. The molecule has 1 fully saturated rings. The van der Waals surface area contributed by atoms with E-state index < -0.39 is 11.9 Å². The summed E-state index contributed by atoms with van der Waals surface area (Å²) in [5, 5.41) is 21.8. The first kappa shape index (κ1) is 27.2. The topological polar surface area (TPSA) is 99.4 Å². The molecule has 1 aliphatic heterocycles. The summed E-state index contributed by atoms with van der Waals surface area (Å²) in [7, 11) is 0. The fourth-order valence-electron chi connectivity index (χ4n) is 4.08. The Morgan fingerprint density at radius 3 is 2.25 bits per heavy atom. The van der Waals surface area contributed by atoms with Crippen LogP contribution in [0.1, 0.15) is 36.8 Å². The van der Waals surface area contributed by atoms with Gasteiger partial charge >= 0.3 is 11.9 Å². The Kier molecular flexibility index (Phi) is 10.8. The Bertz CT molecular complexity index is 1160. The molecule has 0 unspecified atom stereocenters. The third kappa shape index (κ3) is 8.10. The van der Waals surface area contributed by atoms with Crippen molar-refractivity contribution in [3.05, 3.63) is 77.9 Å². The zero-order chi connectivity index (χ0) is 25.8. The second-order valence-corrected chi connectivity index (χ2v) is 9.27. The number of carboxylic acids is 2. The van der Waals surface area contributed by atoms with Gasteiger partial charge in [0, 0.05) is 22.6 Å². The number of thioether (sulfide) groups is 1. The predicted octanol–water partition coefficient (Wildman–Crippen LogP) is 5.36. The molecule has 0 aromatic heterocycles. The van der Waals surface area contributed by atoms with Crippen molar-refractivity contribution in [3.8, 4) is 0 Å². The minimum Gasteiger partial charge on any atom is -0.473 e. The summed E-state index contributed by atoms with van der Waals surface area (Å²) in [6.45, 7) is 4.20. The summed E-state index contributed by atoms with van der Waals surface area (Å²) >= 11 is 1.75. The van der Waals surface area contributed by atoms with Crippen molar-refractivity contribution in [2.75, 3.05) is 32.5 Å². The summed E-state index contributed by atoms with van der Waals surface area (Å²) in [4.78, 5) is 27.8. The maximum atomic E-state index is 9.10. The first-order valence-corrected chi connectivity index (χ1v) is 13.2.